The Hall–Kier alpha value is -1.48. The van der Waals surface area contributed by atoms with Gasteiger partial charge in [0, 0.05) is 25.3 Å². The van der Waals surface area contributed by atoms with E-state index < -0.39 is 0 Å². The molecule has 98 valence electrons. The zero-order chi connectivity index (χ0) is 12.8. The molecule has 0 fully saturated rings. The normalized spacial score (nSPS) is 16.4. The molecule has 0 radical (unpaired) electrons. The first-order valence-electron chi connectivity index (χ1n) is 6.60. The first kappa shape index (κ1) is 13.0. The van der Waals surface area contributed by atoms with E-state index in [4.69, 9.17) is 10.5 Å². The minimum atomic E-state index is 0.767. The molecule has 0 saturated carbocycles. The van der Waals surface area contributed by atoms with E-state index in [2.05, 4.69) is 17.9 Å². The molecule has 0 unspecified atom stereocenters. The second kappa shape index (κ2) is 6.45. The lowest BCUT2D eigenvalue weighted by atomic mass is 10.1. The van der Waals surface area contributed by atoms with Gasteiger partial charge in [-0.15, -0.1) is 0 Å². The largest absolute Gasteiger partial charge is 0.494 e. The number of hydrogen-bond donors (Lipinski definition) is 1. The van der Waals surface area contributed by atoms with Gasteiger partial charge in [0.1, 0.15) is 5.75 Å². The topological polar surface area (TPSA) is 38.5 Å². The summed E-state index contributed by atoms with van der Waals surface area (Å²) >= 11 is 0. The Labute approximate surface area is 109 Å². The van der Waals surface area contributed by atoms with Crippen LogP contribution in [-0.2, 0) is 0 Å². The summed E-state index contributed by atoms with van der Waals surface area (Å²) in [6.07, 6.45) is 4.60. The zero-order valence-corrected chi connectivity index (χ0v) is 11.1. The molecule has 0 aromatic heterocycles. The quantitative estimate of drug-likeness (QED) is 0.493. The van der Waals surface area contributed by atoms with Crippen molar-refractivity contribution in [3.63, 3.8) is 0 Å². The van der Waals surface area contributed by atoms with Gasteiger partial charge in [0.25, 0.3) is 0 Å². The van der Waals surface area contributed by atoms with Gasteiger partial charge in [-0.3, -0.25) is 4.90 Å². The highest BCUT2D eigenvalue weighted by atomic mass is 16.5. The number of benzene rings is 1. The first-order chi connectivity index (χ1) is 8.74. The van der Waals surface area contributed by atoms with E-state index in [1.165, 1.54) is 18.5 Å². The summed E-state index contributed by atoms with van der Waals surface area (Å²) in [5, 5.41) is 0. The standard InChI is InChI=1S/C15H22N2O/c1-13-7-10-17(11-8-13)9-2-12-18-15-5-3-14(16)4-6-15/h3-7H,2,8-12,16H2,1H3. The van der Waals surface area contributed by atoms with Crippen molar-refractivity contribution < 1.29 is 4.74 Å². The van der Waals surface area contributed by atoms with Gasteiger partial charge in [-0.25, -0.2) is 0 Å². The summed E-state index contributed by atoms with van der Waals surface area (Å²) in [5.41, 5.74) is 7.92. The van der Waals surface area contributed by atoms with Gasteiger partial charge in [-0.2, -0.15) is 0 Å². The van der Waals surface area contributed by atoms with Crippen LogP contribution in [0.25, 0.3) is 0 Å². The molecule has 0 aliphatic carbocycles. The van der Waals surface area contributed by atoms with Crippen LogP contribution < -0.4 is 10.5 Å². The lowest BCUT2D eigenvalue weighted by Crippen LogP contribution is -2.30. The second-order valence-corrected chi connectivity index (χ2v) is 4.87. The van der Waals surface area contributed by atoms with Gasteiger partial charge in [0.05, 0.1) is 6.61 Å². The van der Waals surface area contributed by atoms with Crippen LogP contribution in [0.15, 0.2) is 35.9 Å². The van der Waals surface area contributed by atoms with Crippen molar-refractivity contribution in [2.75, 3.05) is 32.0 Å². The molecule has 1 aliphatic rings. The first-order valence-corrected chi connectivity index (χ1v) is 6.60. The third kappa shape index (κ3) is 4.08. The van der Waals surface area contributed by atoms with Gasteiger partial charge in [-0.05, 0) is 44.0 Å². The molecule has 3 heteroatoms. The van der Waals surface area contributed by atoms with Crippen molar-refractivity contribution >= 4 is 5.69 Å². The molecule has 2 rings (SSSR count). The molecular formula is C15H22N2O. The number of nitrogens with zero attached hydrogens (tertiary/aromatic N) is 1. The summed E-state index contributed by atoms with van der Waals surface area (Å²) in [7, 11) is 0. The van der Waals surface area contributed by atoms with Crippen LogP contribution in [0.2, 0.25) is 0 Å². The molecule has 1 aromatic rings. The van der Waals surface area contributed by atoms with Crippen molar-refractivity contribution in [3.8, 4) is 5.75 Å². The highest BCUT2D eigenvalue weighted by molar-refractivity contribution is 5.41. The van der Waals surface area contributed by atoms with Gasteiger partial charge in [0.2, 0.25) is 0 Å². The third-order valence-electron chi connectivity index (χ3n) is 3.29. The Kier molecular flexibility index (Phi) is 4.65. The monoisotopic (exact) mass is 246 g/mol. The number of anilines is 1. The summed E-state index contributed by atoms with van der Waals surface area (Å²) < 4.78 is 5.68. The molecule has 0 spiro atoms. The predicted molar refractivity (Wildman–Crippen MR) is 75.8 cm³/mol. The average Bonchev–Trinajstić information content (AvgIpc) is 2.39. The fourth-order valence-electron chi connectivity index (χ4n) is 2.06. The van der Waals surface area contributed by atoms with Crippen LogP contribution in [0.1, 0.15) is 19.8 Å². The molecule has 0 saturated heterocycles. The van der Waals surface area contributed by atoms with Gasteiger partial charge in [0.15, 0.2) is 0 Å². The summed E-state index contributed by atoms with van der Waals surface area (Å²) in [5.74, 6) is 0.901. The van der Waals surface area contributed by atoms with Crippen molar-refractivity contribution in [1.29, 1.82) is 0 Å². The Morgan fingerprint density at radius 1 is 1.28 bits per heavy atom. The Morgan fingerprint density at radius 3 is 2.72 bits per heavy atom. The SMILES string of the molecule is CC1=CCN(CCCOc2ccc(N)cc2)CC1. The highest BCUT2D eigenvalue weighted by Gasteiger charge is 2.08. The predicted octanol–water partition coefficient (Wildman–Crippen LogP) is 2.69. The number of ether oxygens (including phenoxy) is 1. The third-order valence-corrected chi connectivity index (χ3v) is 3.29. The molecule has 0 atom stereocenters. The maximum Gasteiger partial charge on any atom is 0.119 e. The maximum atomic E-state index is 5.68. The molecule has 0 bridgehead atoms. The fraction of sp³-hybridized carbons (Fsp3) is 0.467. The Bertz CT molecular complexity index is 397. The second-order valence-electron chi connectivity index (χ2n) is 4.87. The number of hydrogen-bond acceptors (Lipinski definition) is 3. The minimum absolute atomic E-state index is 0.767. The van der Waals surface area contributed by atoms with E-state index in [0.29, 0.717) is 0 Å². The van der Waals surface area contributed by atoms with Gasteiger partial charge in [-0.1, -0.05) is 11.6 Å². The van der Waals surface area contributed by atoms with Crippen molar-refractivity contribution in [2.24, 2.45) is 0 Å². The van der Waals surface area contributed by atoms with Crippen LogP contribution in [0.5, 0.6) is 5.75 Å². The Balaban J connectivity index is 1.63. The molecule has 2 N–H and O–H groups in total. The van der Waals surface area contributed by atoms with Gasteiger partial charge < -0.3 is 10.5 Å². The average molecular weight is 246 g/mol. The molecule has 0 amide bonds. The van der Waals surface area contributed by atoms with Crippen LogP contribution >= 0.6 is 0 Å². The molecule has 1 aliphatic heterocycles. The van der Waals surface area contributed by atoms with Crippen molar-refractivity contribution in [1.82, 2.24) is 4.90 Å². The van der Waals surface area contributed by atoms with E-state index in [9.17, 15) is 0 Å². The van der Waals surface area contributed by atoms with Gasteiger partial charge >= 0.3 is 0 Å². The summed E-state index contributed by atoms with van der Waals surface area (Å²) in [4.78, 5) is 2.47. The van der Waals surface area contributed by atoms with Crippen molar-refractivity contribution in [2.45, 2.75) is 19.8 Å². The molecule has 1 aromatic carbocycles. The van der Waals surface area contributed by atoms with Crippen LogP contribution in [0.3, 0.4) is 0 Å². The van der Waals surface area contributed by atoms with E-state index in [1.807, 2.05) is 24.3 Å². The number of nitrogens with two attached hydrogens (primary N) is 1. The smallest absolute Gasteiger partial charge is 0.119 e. The number of rotatable bonds is 5. The molecule has 3 nitrogen and oxygen atoms in total. The van der Waals surface area contributed by atoms with E-state index in [1.54, 1.807) is 0 Å². The summed E-state index contributed by atoms with van der Waals surface area (Å²) in [6, 6.07) is 7.58. The zero-order valence-electron chi connectivity index (χ0n) is 11.1. The number of nitrogen functional groups attached to an aromatic ring is 1. The lowest BCUT2D eigenvalue weighted by molar-refractivity contribution is 0.245. The van der Waals surface area contributed by atoms with E-state index in [-0.39, 0.29) is 0 Å². The summed E-state index contributed by atoms with van der Waals surface area (Å²) in [6.45, 7) is 6.36. The molecular weight excluding hydrogens is 224 g/mol. The molecule has 18 heavy (non-hydrogen) atoms. The van der Waals surface area contributed by atoms with Crippen molar-refractivity contribution in [3.05, 3.63) is 35.9 Å². The van der Waals surface area contributed by atoms with Crippen LogP contribution in [-0.4, -0.2) is 31.1 Å². The Morgan fingerprint density at radius 2 is 2.06 bits per heavy atom. The fourth-order valence-corrected chi connectivity index (χ4v) is 2.06. The van der Waals surface area contributed by atoms with E-state index in [0.717, 1.165) is 37.6 Å². The lowest BCUT2D eigenvalue weighted by Gasteiger charge is -2.25. The highest BCUT2D eigenvalue weighted by Crippen LogP contribution is 2.14. The molecule has 1 heterocycles. The van der Waals surface area contributed by atoms with E-state index >= 15 is 0 Å². The van der Waals surface area contributed by atoms with Crippen LogP contribution in [0, 0.1) is 0 Å². The maximum absolute atomic E-state index is 5.68. The van der Waals surface area contributed by atoms with Crippen LogP contribution in [0.4, 0.5) is 5.69 Å². The minimum Gasteiger partial charge on any atom is -0.494 e.